The molecule has 0 saturated carbocycles. The number of amides is 1. The molecule has 0 spiro atoms. The molecular weight excluding hydrogens is 366 g/mol. The van der Waals surface area contributed by atoms with Gasteiger partial charge in [-0.3, -0.25) is 4.79 Å². The third-order valence-corrected chi connectivity index (χ3v) is 5.98. The van der Waals surface area contributed by atoms with Gasteiger partial charge < -0.3 is 19.1 Å². The van der Waals surface area contributed by atoms with Crippen molar-refractivity contribution in [2.75, 3.05) is 31.1 Å². The number of aryl methyl sites for hydroxylation is 1. The number of aromatic nitrogens is 1. The smallest absolute Gasteiger partial charge is 0.276 e. The number of hydrogen-bond donors (Lipinski definition) is 0. The van der Waals surface area contributed by atoms with Gasteiger partial charge in [0.2, 0.25) is 0 Å². The van der Waals surface area contributed by atoms with Crippen molar-refractivity contribution in [1.29, 1.82) is 0 Å². The lowest BCUT2D eigenvalue weighted by Crippen LogP contribution is -2.49. The van der Waals surface area contributed by atoms with E-state index >= 15 is 0 Å². The van der Waals surface area contributed by atoms with Crippen molar-refractivity contribution < 1.29 is 14.1 Å². The molecule has 1 fully saturated rings. The third kappa shape index (κ3) is 2.95. The van der Waals surface area contributed by atoms with Crippen LogP contribution in [-0.4, -0.2) is 42.1 Å². The number of nitrogens with zero attached hydrogens (tertiary/aromatic N) is 3. The molecule has 6 heteroatoms. The van der Waals surface area contributed by atoms with Crippen LogP contribution in [0.1, 0.15) is 27.2 Å². The Labute approximate surface area is 169 Å². The summed E-state index contributed by atoms with van der Waals surface area (Å²) in [6.45, 7) is 7.51. The molecule has 1 amide bonds. The molecule has 1 aromatic heterocycles. The molecule has 0 bridgehead atoms. The van der Waals surface area contributed by atoms with Gasteiger partial charge in [0.25, 0.3) is 5.91 Å². The number of carbonyl (C=O) groups excluding carboxylic acids is 1. The van der Waals surface area contributed by atoms with E-state index in [1.54, 1.807) is 0 Å². The standard InChI is InChI=1S/C23H23N3O3/c1-15-6-5-8-19(16(15)2)25-10-12-26(13-11-25)23(27)21-18-14-28-20-9-4-3-7-17(20)22(18)29-24-21/h3-9H,10-14H2,1-2H3. The number of carbonyl (C=O) groups is 1. The maximum atomic E-state index is 13.1. The van der Waals surface area contributed by atoms with Crippen molar-refractivity contribution in [3.8, 4) is 17.1 Å². The normalized spacial score (nSPS) is 15.5. The second kappa shape index (κ2) is 6.95. The van der Waals surface area contributed by atoms with E-state index in [2.05, 4.69) is 42.1 Å². The maximum absolute atomic E-state index is 13.1. The van der Waals surface area contributed by atoms with Crippen LogP contribution in [0.4, 0.5) is 5.69 Å². The van der Waals surface area contributed by atoms with E-state index in [0.29, 0.717) is 31.2 Å². The summed E-state index contributed by atoms with van der Waals surface area (Å²) >= 11 is 0. The van der Waals surface area contributed by atoms with Crippen LogP contribution < -0.4 is 9.64 Å². The first-order valence-corrected chi connectivity index (χ1v) is 9.94. The molecule has 5 rings (SSSR count). The number of ether oxygens (including phenoxy) is 1. The zero-order valence-corrected chi connectivity index (χ0v) is 16.6. The highest BCUT2D eigenvalue weighted by Gasteiger charge is 2.32. The molecule has 6 nitrogen and oxygen atoms in total. The highest BCUT2D eigenvalue weighted by Crippen LogP contribution is 2.38. The summed E-state index contributed by atoms with van der Waals surface area (Å²) in [6.07, 6.45) is 0. The van der Waals surface area contributed by atoms with E-state index < -0.39 is 0 Å². The Kier molecular flexibility index (Phi) is 4.27. The molecule has 0 radical (unpaired) electrons. The number of rotatable bonds is 2. The van der Waals surface area contributed by atoms with Gasteiger partial charge in [-0.1, -0.05) is 29.4 Å². The van der Waals surface area contributed by atoms with Crippen molar-refractivity contribution in [3.05, 3.63) is 64.8 Å². The predicted molar refractivity (Wildman–Crippen MR) is 110 cm³/mol. The van der Waals surface area contributed by atoms with Gasteiger partial charge in [0.1, 0.15) is 12.4 Å². The molecule has 148 valence electrons. The molecule has 2 aliphatic rings. The Bertz CT molecular complexity index is 1080. The molecule has 29 heavy (non-hydrogen) atoms. The minimum Gasteiger partial charge on any atom is -0.488 e. The van der Waals surface area contributed by atoms with Gasteiger partial charge in [-0.2, -0.15) is 0 Å². The summed E-state index contributed by atoms with van der Waals surface area (Å²) in [7, 11) is 0. The van der Waals surface area contributed by atoms with Crippen molar-refractivity contribution in [2.24, 2.45) is 0 Å². The van der Waals surface area contributed by atoms with Crippen LogP contribution in [-0.2, 0) is 6.61 Å². The zero-order valence-electron chi connectivity index (χ0n) is 16.6. The topological polar surface area (TPSA) is 58.8 Å². The fraction of sp³-hybridized carbons (Fsp3) is 0.304. The Morgan fingerprint density at radius 2 is 1.79 bits per heavy atom. The first-order valence-electron chi connectivity index (χ1n) is 9.94. The summed E-state index contributed by atoms with van der Waals surface area (Å²) in [5.41, 5.74) is 5.80. The van der Waals surface area contributed by atoms with E-state index in [-0.39, 0.29) is 5.91 Å². The van der Waals surface area contributed by atoms with E-state index in [1.165, 1.54) is 16.8 Å². The van der Waals surface area contributed by atoms with Crippen LogP contribution in [0.5, 0.6) is 5.75 Å². The molecule has 0 atom stereocenters. The lowest BCUT2D eigenvalue weighted by atomic mass is 10.0. The van der Waals surface area contributed by atoms with Gasteiger partial charge in [-0.25, -0.2) is 0 Å². The molecule has 1 saturated heterocycles. The number of benzene rings is 2. The quantitative estimate of drug-likeness (QED) is 0.667. The second-order valence-corrected chi connectivity index (χ2v) is 7.62. The Morgan fingerprint density at radius 1 is 1.00 bits per heavy atom. The van der Waals surface area contributed by atoms with Gasteiger partial charge in [-0.15, -0.1) is 0 Å². The van der Waals surface area contributed by atoms with Gasteiger partial charge in [0.15, 0.2) is 11.5 Å². The lowest BCUT2D eigenvalue weighted by molar-refractivity contribution is 0.0734. The summed E-state index contributed by atoms with van der Waals surface area (Å²) in [5.74, 6) is 1.32. The highest BCUT2D eigenvalue weighted by atomic mass is 16.5. The molecule has 0 aliphatic carbocycles. The summed E-state index contributed by atoms with van der Waals surface area (Å²) in [5, 5.41) is 4.11. The van der Waals surface area contributed by atoms with Crippen LogP contribution in [0.2, 0.25) is 0 Å². The largest absolute Gasteiger partial charge is 0.488 e. The number of piperazine rings is 1. The first kappa shape index (κ1) is 17.8. The van der Waals surface area contributed by atoms with Crippen LogP contribution in [0.3, 0.4) is 0 Å². The average Bonchev–Trinajstić information content (AvgIpc) is 3.20. The second-order valence-electron chi connectivity index (χ2n) is 7.62. The van der Waals surface area contributed by atoms with E-state index in [9.17, 15) is 4.79 Å². The molecule has 3 aromatic rings. The summed E-state index contributed by atoms with van der Waals surface area (Å²) in [4.78, 5) is 17.4. The maximum Gasteiger partial charge on any atom is 0.276 e. The number of anilines is 1. The van der Waals surface area contributed by atoms with Crippen LogP contribution in [0, 0.1) is 13.8 Å². The first-order chi connectivity index (χ1) is 14.1. The van der Waals surface area contributed by atoms with E-state index in [0.717, 1.165) is 30.0 Å². The Morgan fingerprint density at radius 3 is 2.62 bits per heavy atom. The van der Waals surface area contributed by atoms with Crippen LogP contribution in [0.15, 0.2) is 47.0 Å². The SMILES string of the molecule is Cc1cccc(N2CCN(C(=O)c3noc4c3COc3ccccc3-4)CC2)c1C. The number of fused-ring (bicyclic) bond motifs is 3. The van der Waals surface area contributed by atoms with Crippen molar-refractivity contribution >= 4 is 11.6 Å². The minimum absolute atomic E-state index is 0.0846. The van der Waals surface area contributed by atoms with Gasteiger partial charge in [0.05, 0.1) is 11.1 Å². The molecule has 0 unspecified atom stereocenters. The molecule has 2 aromatic carbocycles. The Hall–Kier alpha value is -3.28. The lowest BCUT2D eigenvalue weighted by Gasteiger charge is -2.36. The fourth-order valence-electron chi connectivity index (χ4n) is 4.13. The summed E-state index contributed by atoms with van der Waals surface area (Å²) < 4.78 is 11.4. The van der Waals surface area contributed by atoms with E-state index in [1.807, 2.05) is 29.2 Å². The fourth-order valence-corrected chi connectivity index (χ4v) is 4.13. The van der Waals surface area contributed by atoms with Crippen molar-refractivity contribution in [1.82, 2.24) is 10.1 Å². The van der Waals surface area contributed by atoms with E-state index in [4.69, 9.17) is 9.26 Å². The number of hydrogen-bond acceptors (Lipinski definition) is 5. The third-order valence-electron chi connectivity index (χ3n) is 5.98. The highest BCUT2D eigenvalue weighted by molar-refractivity contribution is 5.95. The molecule has 3 heterocycles. The summed E-state index contributed by atoms with van der Waals surface area (Å²) in [6, 6.07) is 14.0. The van der Waals surface area contributed by atoms with Gasteiger partial charge >= 0.3 is 0 Å². The monoisotopic (exact) mass is 389 g/mol. The molecule has 2 aliphatic heterocycles. The molecular formula is C23H23N3O3. The average molecular weight is 389 g/mol. The Balaban J connectivity index is 1.34. The van der Waals surface area contributed by atoms with Gasteiger partial charge in [0, 0.05) is 31.9 Å². The minimum atomic E-state index is -0.0846. The number of para-hydroxylation sites is 1. The van der Waals surface area contributed by atoms with Crippen LogP contribution >= 0.6 is 0 Å². The predicted octanol–water partition coefficient (Wildman–Crippen LogP) is 3.81. The van der Waals surface area contributed by atoms with Crippen molar-refractivity contribution in [3.63, 3.8) is 0 Å². The molecule has 0 N–H and O–H groups in total. The zero-order chi connectivity index (χ0) is 20.0. The van der Waals surface area contributed by atoms with Gasteiger partial charge in [-0.05, 0) is 43.2 Å². The van der Waals surface area contributed by atoms with Crippen molar-refractivity contribution in [2.45, 2.75) is 20.5 Å². The van der Waals surface area contributed by atoms with Crippen LogP contribution in [0.25, 0.3) is 11.3 Å².